The van der Waals surface area contributed by atoms with E-state index in [-0.39, 0.29) is 5.92 Å². The normalized spacial score (nSPS) is 12.1. The highest BCUT2D eigenvalue weighted by molar-refractivity contribution is 5.35. The second kappa shape index (κ2) is 6.72. The van der Waals surface area contributed by atoms with Gasteiger partial charge in [0.2, 0.25) is 0 Å². The van der Waals surface area contributed by atoms with E-state index >= 15 is 0 Å². The van der Waals surface area contributed by atoms with Gasteiger partial charge in [-0.1, -0.05) is 60.7 Å². The molecule has 0 spiro atoms. The van der Waals surface area contributed by atoms with Crippen molar-refractivity contribution >= 4 is 0 Å². The Morgan fingerprint density at radius 2 is 1.42 bits per heavy atom. The second-order valence-corrected chi connectivity index (χ2v) is 4.30. The fourth-order valence-corrected chi connectivity index (χ4v) is 2.25. The molecule has 0 aromatic heterocycles. The molecule has 0 amide bonds. The van der Waals surface area contributed by atoms with Gasteiger partial charge in [-0.05, 0) is 18.1 Å². The van der Waals surface area contributed by atoms with Crippen LogP contribution in [-0.4, -0.2) is 12.7 Å². The summed E-state index contributed by atoms with van der Waals surface area (Å²) in [7, 11) is 0. The topological polar surface area (TPSA) is 33.0 Å². The zero-order valence-electron chi connectivity index (χ0n) is 11.0. The lowest BCUT2D eigenvalue weighted by Crippen LogP contribution is -2.21. The Bertz CT molecular complexity index is 491. The van der Waals surface area contributed by atoms with Crippen LogP contribution in [0, 0.1) is 11.3 Å². The van der Waals surface area contributed by atoms with Crippen molar-refractivity contribution in [2.75, 3.05) is 6.61 Å². The van der Waals surface area contributed by atoms with Gasteiger partial charge in [0.1, 0.15) is 0 Å². The predicted octanol–water partition coefficient (Wildman–Crippen LogP) is 3.75. The van der Waals surface area contributed by atoms with E-state index in [2.05, 4.69) is 6.07 Å². The van der Waals surface area contributed by atoms with Crippen molar-refractivity contribution in [2.45, 2.75) is 18.9 Å². The van der Waals surface area contributed by atoms with E-state index in [0.29, 0.717) is 6.61 Å². The summed E-state index contributed by atoms with van der Waals surface area (Å²) in [5, 5.41) is 9.38. The molecule has 0 heterocycles. The molecule has 0 N–H and O–H groups in total. The first kappa shape index (κ1) is 13.3. The Balaban J connectivity index is 2.42. The van der Waals surface area contributed by atoms with Gasteiger partial charge in [-0.15, -0.1) is 0 Å². The molecule has 0 aliphatic heterocycles. The first-order chi connectivity index (χ1) is 9.36. The minimum absolute atomic E-state index is 0.0488. The van der Waals surface area contributed by atoms with Crippen LogP contribution >= 0.6 is 0 Å². The summed E-state index contributed by atoms with van der Waals surface area (Å²) in [5.74, 6) is -0.0488. The Labute approximate surface area is 114 Å². The molecule has 2 aromatic carbocycles. The summed E-state index contributed by atoms with van der Waals surface area (Å²) in [6.45, 7) is 2.45. The first-order valence-electron chi connectivity index (χ1n) is 6.48. The van der Waals surface area contributed by atoms with Gasteiger partial charge >= 0.3 is 0 Å². The maximum atomic E-state index is 9.38. The highest BCUT2D eigenvalue weighted by atomic mass is 16.5. The van der Waals surface area contributed by atoms with E-state index in [0.717, 1.165) is 11.1 Å². The Morgan fingerprint density at radius 3 is 1.79 bits per heavy atom. The number of hydrogen-bond acceptors (Lipinski definition) is 2. The third-order valence-electron chi connectivity index (χ3n) is 3.09. The molecule has 0 aliphatic carbocycles. The van der Waals surface area contributed by atoms with Gasteiger partial charge in [0.15, 0.2) is 6.10 Å². The summed E-state index contributed by atoms with van der Waals surface area (Å²) < 4.78 is 5.60. The lowest BCUT2D eigenvalue weighted by Gasteiger charge is -2.22. The van der Waals surface area contributed by atoms with Crippen LogP contribution in [0.25, 0.3) is 0 Å². The predicted molar refractivity (Wildman–Crippen MR) is 75.8 cm³/mol. The van der Waals surface area contributed by atoms with Crippen LogP contribution < -0.4 is 0 Å². The van der Waals surface area contributed by atoms with Crippen molar-refractivity contribution in [2.24, 2.45) is 0 Å². The molecular weight excluding hydrogens is 234 g/mol. The average Bonchev–Trinajstić information content (AvgIpc) is 2.49. The Hall–Kier alpha value is -2.11. The minimum atomic E-state index is -0.463. The molecule has 2 heteroatoms. The van der Waals surface area contributed by atoms with Crippen LogP contribution in [0.1, 0.15) is 24.0 Å². The van der Waals surface area contributed by atoms with Crippen molar-refractivity contribution in [1.29, 1.82) is 5.26 Å². The van der Waals surface area contributed by atoms with E-state index in [1.807, 2.05) is 67.6 Å². The lowest BCUT2D eigenvalue weighted by atomic mass is 9.87. The van der Waals surface area contributed by atoms with Gasteiger partial charge in [0.25, 0.3) is 0 Å². The number of nitriles is 1. The highest BCUT2D eigenvalue weighted by Crippen LogP contribution is 2.29. The molecule has 2 rings (SSSR count). The molecule has 0 bridgehead atoms. The van der Waals surface area contributed by atoms with Crippen LogP contribution in [0.15, 0.2) is 60.7 Å². The zero-order valence-corrected chi connectivity index (χ0v) is 11.0. The molecule has 0 saturated heterocycles. The maximum absolute atomic E-state index is 9.38. The molecule has 1 unspecified atom stereocenters. The Kier molecular flexibility index (Phi) is 4.72. The van der Waals surface area contributed by atoms with Crippen LogP contribution in [0.2, 0.25) is 0 Å². The largest absolute Gasteiger partial charge is 0.363 e. The summed E-state index contributed by atoms with van der Waals surface area (Å²) >= 11 is 0. The van der Waals surface area contributed by atoms with E-state index in [4.69, 9.17) is 4.74 Å². The number of hydrogen-bond donors (Lipinski definition) is 0. The fraction of sp³-hybridized carbons (Fsp3) is 0.235. The quantitative estimate of drug-likeness (QED) is 0.810. The molecule has 0 saturated carbocycles. The molecule has 0 aliphatic rings. The van der Waals surface area contributed by atoms with Crippen LogP contribution in [-0.2, 0) is 4.74 Å². The number of rotatable bonds is 5. The minimum Gasteiger partial charge on any atom is -0.363 e. The van der Waals surface area contributed by atoms with Crippen LogP contribution in [0.4, 0.5) is 0 Å². The summed E-state index contributed by atoms with van der Waals surface area (Å²) in [5.41, 5.74) is 2.21. The SMILES string of the molecule is CCOC(C#N)C(c1ccccc1)c1ccccc1. The number of nitrogens with zero attached hydrogens (tertiary/aromatic N) is 1. The molecule has 1 atom stereocenters. The van der Waals surface area contributed by atoms with Crippen LogP contribution in [0.3, 0.4) is 0 Å². The fourth-order valence-electron chi connectivity index (χ4n) is 2.25. The van der Waals surface area contributed by atoms with E-state index in [9.17, 15) is 5.26 Å². The van der Waals surface area contributed by atoms with Gasteiger partial charge in [-0.3, -0.25) is 0 Å². The maximum Gasteiger partial charge on any atom is 0.154 e. The molecular formula is C17H17NO. The summed E-state index contributed by atoms with van der Waals surface area (Å²) in [4.78, 5) is 0. The average molecular weight is 251 g/mol. The third-order valence-corrected chi connectivity index (χ3v) is 3.09. The molecule has 2 aromatic rings. The smallest absolute Gasteiger partial charge is 0.154 e. The summed E-state index contributed by atoms with van der Waals surface area (Å²) in [6.07, 6.45) is -0.463. The molecule has 96 valence electrons. The molecule has 0 radical (unpaired) electrons. The zero-order chi connectivity index (χ0) is 13.5. The van der Waals surface area contributed by atoms with Gasteiger partial charge in [-0.2, -0.15) is 5.26 Å². The van der Waals surface area contributed by atoms with Crippen molar-refractivity contribution in [3.05, 3.63) is 71.8 Å². The van der Waals surface area contributed by atoms with Gasteiger partial charge in [0, 0.05) is 12.5 Å². The standard InChI is InChI=1S/C17H17NO/c1-2-19-16(13-18)17(14-9-5-3-6-10-14)15-11-7-4-8-12-15/h3-12,16-17H,2H2,1H3. The third kappa shape index (κ3) is 3.21. The van der Waals surface area contributed by atoms with E-state index in [1.54, 1.807) is 0 Å². The first-order valence-corrected chi connectivity index (χ1v) is 6.48. The summed E-state index contributed by atoms with van der Waals surface area (Å²) in [6, 6.07) is 22.4. The van der Waals surface area contributed by atoms with E-state index in [1.165, 1.54) is 0 Å². The second-order valence-electron chi connectivity index (χ2n) is 4.30. The Morgan fingerprint density at radius 1 is 0.947 bits per heavy atom. The van der Waals surface area contributed by atoms with Crippen molar-refractivity contribution in [3.63, 3.8) is 0 Å². The number of benzene rings is 2. The number of ether oxygens (including phenoxy) is 1. The van der Waals surface area contributed by atoms with Gasteiger partial charge in [-0.25, -0.2) is 0 Å². The van der Waals surface area contributed by atoms with Crippen molar-refractivity contribution in [1.82, 2.24) is 0 Å². The highest BCUT2D eigenvalue weighted by Gasteiger charge is 2.24. The van der Waals surface area contributed by atoms with E-state index < -0.39 is 6.10 Å². The monoisotopic (exact) mass is 251 g/mol. The molecule has 0 fully saturated rings. The van der Waals surface area contributed by atoms with Crippen LogP contribution in [0.5, 0.6) is 0 Å². The lowest BCUT2D eigenvalue weighted by molar-refractivity contribution is 0.0901. The van der Waals surface area contributed by atoms with Gasteiger partial charge in [0.05, 0.1) is 6.07 Å². The van der Waals surface area contributed by atoms with Crippen molar-refractivity contribution in [3.8, 4) is 6.07 Å². The molecule has 2 nitrogen and oxygen atoms in total. The van der Waals surface area contributed by atoms with Gasteiger partial charge < -0.3 is 4.74 Å². The van der Waals surface area contributed by atoms with Crippen molar-refractivity contribution < 1.29 is 4.74 Å². The molecule has 19 heavy (non-hydrogen) atoms.